The molecule has 0 saturated carbocycles. The van der Waals surface area contributed by atoms with Crippen molar-refractivity contribution in [3.63, 3.8) is 0 Å². The molecule has 1 aromatic rings. The number of rotatable bonds is 2. The summed E-state index contributed by atoms with van der Waals surface area (Å²) >= 11 is 6.02. The number of halogens is 1. The minimum Gasteiger partial charge on any atom is -0.508 e. The van der Waals surface area contributed by atoms with Crippen molar-refractivity contribution in [1.82, 2.24) is 9.80 Å². The fourth-order valence-electron chi connectivity index (χ4n) is 2.29. The minimum atomic E-state index is -0.107. The summed E-state index contributed by atoms with van der Waals surface area (Å²) in [5, 5.41) is 9.85. The topological polar surface area (TPSA) is 43.8 Å². The van der Waals surface area contributed by atoms with Crippen molar-refractivity contribution in [1.29, 1.82) is 0 Å². The third-order valence-electron chi connectivity index (χ3n) is 3.51. The molecular weight excluding hydrogens is 264 g/mol. The van der Waals surface area contributed by atoms with Crippen molar-refractivity contribution in [2.45, 2.75) is 19.9 Å². The molecule has 0 bridgehead atoms. The number of phenolic OH excluding ortho intramolecular Hbond substituents is 1. The number of hydrogen-bond donors (Lipinski definition) is 1. The van der Waals surface area contributed by atoms with Crippen LogP contribution in [0.25, 0.3) is 0 Å². The first-order valence-corrected chi connectivity index (χ1v) is 6.88. The Hall–Kier alpha value is -1.26. The van der Waals surface area contributed by atoms with Gasteiger partial charge in [-0.3, -0.25) is 9.69 Å². The van der Waals surface area contributed by atoms with Gasteiger partial charge in [0.25, 0.3) is 5.91 Å². The van der Waals surface area contributed by atoms with Crippen molar-refractivity contribution in [2.24, 2.45) is 0 Å². The molecule has 2 rings (SSSR count). The quantitative estimate of drug-likeness (QED) is 0.904. The van der Waals surface area contributed by atoms with Gasteiger partial charge >= 0.3 is 0 Å². The van der Waals surface area contributed by atoms with Gasteiger partial charge in [0.15, 0.2) is 0 Å². The molecule has 1 heterocycles. The predicted octanol–water partition coefficient (Wildman–Crippen LogP) is 2.21. The SMILES string of the molecule is CC(C)N1CCN(C(=O)c2cc(O)ccc2Cl)CC1. The van der Waals surface area contributed by atoms with Crippen molar-refractivity contribution >= 4 is 17.5 Å². The first kappa shape index (κ1) is 14.2. The first-order chi connectivity index (χ1) is 8.99. The number of benzene rings is 1. The van der Waals surface area contributed by atoms with Crippen LogP contribution < -0.4 is 0 Å². The third-order valence-corrected chi connectivity index (χ3v) is 3.84. The molecule has 19 heavy (non-hydrogen) atoms. The van der Waals surface area contributed by atoms with Gasteiger partial charge in [0, 0.05) is 32.2 Å². The smallest absolute Gasteiger partial charge is 0.255 e. The Bertz CT molecular complexity index is 469. The maximum atomic E-state index is 12.4. The van der Waals surface area contributed by atoms with Gasteiger partial charge in [-0.2, -0.15) is 0 Å². The molecule has 104 valence electrons. The molecular formula is C14H19ClN2O2. The number of carbonyl (C=O) groups is 1. The molecule has 1 aliphatic rings. The molecule has 0 unspecified atom stereocenters. The number of carbonyl (C=O) groups excluding carboxylic acids is 1. The zero-order valence-electron chi connectivity index (χ0n) is 11.3. The van der Waals surface area contributed by atoms with E-state index >= 15 is 0 Å². The van der Waals surface area contributed by atoms with Gasteiger partial charge in [0.2, 0.25) is 0 Å². The van der Waals surface area contributed by atoms with Crippen molar-refractivity contribution in [3.8, 4) is 5.75 Å². The van der Waals surface area contributed by atoms with Gasteiger partial charge < -0.3 is 10.0 Å². The van der Waals surface area contributed by atoms with E-state index in [1.54, 1.807) is 11.0 Å². The summed E-state index contributed by atoms with van der Waals surface area (Å²) in [7, 11) is 0. The summed E-state index contributed by atoms with van der Waals surface area (Å²) in [5.74, 6) is -0.0436. The average Bonchev–Trinajstić information content (AvgIpc) is 2.41. The highest BCUT2D eigenvalue weighted by atomic mass is 35.5. The van der Waals surface area contributed by atoms with Crippen LogP contribution in [0.2, 0.25) is 5.02 Å². The number of hydrogen-bond acceptors (Lipinski definition) is 3. The number of piperazine rings is 1. The summed E-state index contributed by atoms with van der Waals surface area (Å²) in [6, 6.07) is 4.96. The van der Waals surface area contributed by atoms with Crippen LogP contribution in [-0.4, -0.2) is 53.0 Å². The van der Waals surface area contributed by atoms with E-state index in [4.69, 9.17) is 11.6 Å². The molecule has 0 aromatic heterocycles. The maximum Gasteiger partial charge on any atom is 0.255 e. The second kappa shape index (κ2) is 5.80. The molecule has 1 saturated heterocycles. The van der Waals surface area contributed by atoms with Crippen LogP contribution in [0.5, 0.6) is 5.75 Å². The molecule has 1 fully saturated rings. The fraction of sp³-hybridized carbons (Fsp3) is 0.500. The Morgan fingerprint density at radius 2 is 1.89 bits per heavy atom. The lowest BCUT2D eigenvalue weighted by Crippen LogP contribution is -2.50. The normalized spacial score (nSPS) is 16.9. The van der Waals surface area contributed by atoms with Gasteiger partial charge in [-0.05, 0) is 32.0 Å². The van der Waals surface area contributed by atoms with Crippen molar-refractivity contribution in [3.05, 3.63) is 28.8 Å². The number of aromatic hydroxyl groups is 1. The van der Waals surface area contributed by atoms with Crippen LogP contribution in [0.1, 0.15) is 24.2 Å². The van der Waals surface area contributed by atoms with Gasteiger partial charge in [-0.1, -0.05) is 11.6 Å². The van der Waals surface area contributed by atoms with E-state index in [2.05, 4.69) is 18.7 Å². The van der Waals surface area contributed by atoms with Gasteiger partial charge in [0.05, 0.1) is 10.6 Å². The van der Waals surface area contributed by atoms with Crippen molar-refractivity contribution in [2.75, 3.05) is 26.2 Å². The summed E-state index contributed by atoms with van der Waals surface area (Å²) in [5.41, 5.74) is 0.375. The molecule has 4 nitrogen and oxygen atoms in total. The van der Waals surface area contributed by atoms with Gasteiger partial charge in [-0.25, -0.2) is 0 Å². The Balaban J connectivity index is 2.07. The lowest BCUT2D eigenvalue weighted by atomic mass is 10.1. The highest BCUT2D eigenvalue weighted by Crippen LogP contribution is 2.23. The maximum absolute atomic E-state index is 12.4. The van der Waals surface area contributed by atoms with Crippen LogP contribution in [0.4, 0.5) is 0 Å². The van der Waals surface area contributed by atoms with Crippen LogP contribution in [0.15, 0.2) is 18.2 Å². The van der Waals surface area contributed by atoms with Crippen LogP contribution in [0, 0.1) is 0 Å². The minimum absolute atomic E-state index is 0.0635. The number of amides is 1. The van der Waals surface area contributed by atoms with Crippen molar-refractivity contribution < 1.29 is 9.90 Å². The molecule has 5 heteroatoms. The van der Waals surface area contributed by atoms with E-state index in [0.29, 0.717) is 29.7 Å². The van der Waals surface area contributed by atoms with E-state index in [9.17, 15) is 9.90 Å². The summed E-state index contributed by atoms with van der Waals surface area (Å²) in [6.45, 7) is 7.46. The van der Waals surface area contributed by atoms with Crippen LogP contribution in [0.3, 0.4) is 0 Å². The molecule has 0 atom stereocenters. The standard InChI is InChI=1S/C14H19ClN2O2/c1-10(2)16-5-7-17(8-6-16)14(19)12-9-11(18)3-4-13(12)15/h3-4,9-10,18H,5-8H2,1-2H3. The van der Waals surface area contributed by atoms with E-state index in [-0.39, 0.29) is 11.7 Å². The molecule has 1 N–H and O–H groups in total. The number of phenols is 1. The Kier molecular flexibility index (Phi) is 4.32. The zero-order chi connectivity index (χ0) is 14.0. The predicted molar refractivity (Wildman–Crippen MR) is 75.7 cm³/mol. The monoisotopic (exact) mass is 282 g/mol. The van der Waals surface area contributed by atoms with E-state index < -0.39 is 0 Å². The largest absolute Gasteiger partial charge is 0.508 e. The zero-order valence-corrected chi connectivity index (χ0v) is 12.0. The molecule has 1 amide bonds. The fourth-order valence-corrected chi connectivity index (χ4v) is 2.49. The summed E-state index contributed by atoms with van der Waals surface area (Å²) in [6.07, 6.45) is 0. The van der Waals surface area contributed by atoms with E-state index in [1.807, 2.05) is 0 Å². The second-order valence-electron chi connectivity index (χ2n) is 5.09. The summed E-state index contributed by atoms with van der Waals surface area (Å²) in [4.78, 5) is 16.5. The molecule has 0 radical (unpaired) electrons. The lowest BCUT2D eigenvalue weighted by Gasteiger charge is -2.37. The van der Waals surface area contributed by atoms with Gasteiger partial charge in [-0.15, -0.1) is 0 Å². The lowest BCUT2D eigenvalue weighted by molar-refractivity contribution is 0.0595. The Morgan fingerprint density at radius 1 is 1.26 bits per heavy atom. The van der Waals surface area contributed by atoms with E-state index in [0.717, 1.165) is 13.1 Å². The molecule has 1 aromatic carbocycles. The molecule has 0 aliphatic carbocycles. The summed E-state index contributed by atoms with van der Waals surface area (Å²) < 4.78 is 0. The van der Waals surface area contributed by atoms with Crippen LogP contribution in [-0.2, 0) is 0 Å². The third kappa shape index (κ3) is 3.19. The molecule has 1 aliphatic heterocycles. The Morgan fingerprint density at radius 3 is 2.47 bits per heavy atom. The highest BCUT2D eigenvalue weighted by Gasteiger charge is 2.24. The second-order valence-corrected chi connectivity index (χ2v) is 5.49. The first-order valence-electron chi connectivity index (χ1n) is 6.51. The Labute approximate surface area is 118 Å². The molecule has 0 spiro atoms. The average molecular weight is 283 g/mol. The highest BCUT2D eigenvalue weighted by molar-refractivity contribution is 6.33. The van der Waals surface area contributed by atoms with Gasteiger partial charge in [0.1, 0.15) is 5.75 Å². The van der Waals surface area contributed by atoms with E-state index in [1.165, 1.54) is 12.1 Å². The van der Waals surface area contributed by atoms with Crippen LogP contribution >= 0.6 is 11.6 Å². The number of nitrogens with zero attached hydrogens (tertiary/aromatic N) is 2.